The molecule has 1 aliphatic heterocycles. The van der Waals surface area contributed by atoms with Gasteiger partial charge in [-0.2, -0.15) is 0 Å². The summed E-state index contributed by atoms with van der Waals surface area (Å²) in [7, 11) is 0. The van der Waals surface area contributed by atoms with Crippen LogP contribution in [0.15, 0.2) is 11.4 Å². The Bertz CT molecular complexity index is 422. The molecule has 19 heavy (non-hydrogen) atoms. The average molecular weight is 281 g/mol. The van der Waals surface area contributed by atoms with E-state index in [1.807, 2.05) is 11.3 Å². The number of likely N-dealkylation sites (tertiary alicyclic amines) is 1. The van der Waals surface area contributed by atoms with Crippen molar-refractivity contribution in [1.29, 1.82) is 0 Å². The topological polar surface area (TPSA) is 40.5 Å². The number of nitrogens with zero attached hydrogens (tertiary/aromatic N) is 1. The van der Waals surface area contributed by atoms with Crippen LogP contribution in [-0.2, 0) is 4.79 Å². The van der Waals surface area contributed by atoms with Gasteiger partial charge >= 0.3 is 5.97 Å². The minimum atomic E-state index is -0.662. The van der Waals surface area contributed by atoms with Crippen LogP contribution in [0.3, 0.4) is 0 Å². The van der Waals surface area contributed by atoms with Crippen LogP contribution >= 0.6 is 11.3 Å². The minimum absolute atomic E-state index is 0.324. The first-order valence-corrected chi connectivity index (χ1v) is 7.95. The summed E-state index contributed by atoms with van der Waals surface area (Å²) in [6.07, 6.45) is 3.45. The summed E-state index contributed by atoms with van der Waals surface area (Å²) in [5.41, 5.74) is 1.39. The van der Waals surface area contributed by atoms with Crippen molar-refractivity contribution in [2.24, 2.45) is 5.92 Å². The van der Waals surface area contributed by atoms with Crippen molar-refractivity contribution in [1.82, 2.24) is 4.90 Å². The van der Waals surface area contributed by atoms with Gasteiger partial charge in [0.25, 0.3) is 0 Å². The van der Waals surface area contributed by atoms with Crippen LogP contribution in [0.1, 0.15) is 49.1 Å². The molecule has 1 aromatic rings. The number of hydrogen-bond acceptors (Lipinski definition) is 3. The molecule has 1 saturated heterocycles. The van der Waals surface area contributed by atoms with E-state index in [1.54, 1.807) is 0 Å². The summed E-state index contributed by atoms with van der Waals surface area (Å²) >= 11 is 1.85. The van der Waals surface area contributed by atoms with Crippen LogP contribution < -0.4 is 0 Å². The fraction of sp³-hybridized carbons (Fsp3) is 0.667. The molecule has 0 spiro atoms. The van der Waals surface area contributed by atoms with E-state index < -0.39 is 5.97 Å². The Morgan fingerprint density at radius 3 is 2.74 bits per heavy atom. The second kappa shape index (κ2) is 6.53. The van der Waals surface area contributed by atoms with Gasteiger partial charge in [0, 0.05) is 17.3 Å². The highest BCUT2D eigenvalue weighted by Crippen LogP contribution is 2.32. The van der Waals surface area contributed by atoms with Gasteiger partial charge in [0.2, 0.25) is 0 Å². The van der Waals surface area contributed by atoms with Crippen molar-refractivity contribution in [3.05, 3.63) is 21.9 Å². The van der Waals surface area contributed by atoms with Crippen molar-refractivity contribution >= 4 is 17.3 Å². The highest BCUT2D eigenvalue weighted by atomic mass is 32.1. The maximum absolute atomic E-state index is 10.6. The van der Waals surface area contributed by atoms with Crippen LogP contribution in [0, 0.1) is 12.8 Å². The number of carboxylic acids is 1. The quantitative estimate of drug-likeness (QED) is 0.894. The molecule has 0 radical (unpaired) electrons. The lowest BCUT2D eigenvalue weighted by Gasteiger charge is -2.36. The molecule has 1 aliphatic rings. The Labute approximate surface area is 119 Å². The fourth-order valence-corrected chi connectivity index (χ4v) is 3.95. The van der Waals surface area contributed by atoms with E-state index in [2.05, 4.69) is 30.2 Å². The molecule has 2 rings (SSSR count). The molecule has 4 heteroatoms. The number of carbonyl (C=O) groups is 1. The first-order chi connectivity index (χ1) is 9.08. The van der Waals surface area contributed by atoms with Crippen molar-refractivity contribution in [2.45, 2.75) is 45.6 Å². The molecule has 0 aromatic carbocycles. The van der Waals surface area contributed by atoms with E-state index in [0.717, 1.165) is 32.4 Å². The first-order valence-electron chi connectivity index (χ1n) is 7.07. The summed E-state index contributed by atoms with van der Waals surface area (Å²) in [6, 6.07) is 2.69. The van der Waals surface area contributed by atoms with Gasteiger partial charge in [-0.05, 0) is 69.1 Å². The Hall–Kier alpha value is -0.870. The molecular formula is C15H23NO2S. The Kier molecular flexibility index (Phi) is 4.99. The van der Waals surface area contributed by atoms with Gasteiger partial charge in [-0.1, -0.05) is 0 Å². The molecule has 0 saturated carbocycles. The Morgan fingerprint density at radius 2 is 2.21 bits per heavy atom. The summed E-state index contributed by atoms with van der Waals surface area (Å²) in [5, 5.41) is 10.9. The molecule has 0 bridgehead atoms. The van der Waals surface area contributed by atoms with E-state index in [0.29, 0.717) is 18.4 Å². The molecule has 1 N–H and O–H groups in total. The van der Waals surface area contributed by atoms with Crippen molar-refractivity contribution in [2.75, 3.05) is 13.1 Å². The predicted molar refractivity (Wildman–Crippen MR) is 78.6 cm³/mol. The number of piperidine rings is 1. The first kappa shape index (κ1) is 14.5. The molecule has 1 fully saturated rings. The minimum Gasteiger partial charge on any atom is -0.481 e. The lowest BCUT2D eigenvalue weighted by molar-refractivity contribution is -0.137. The zero-order valence-electron chi connectivity index (χ0n) is 11.8. The molecule has 2 heterocycles. The number of thiophene rings is 1. The molecule has 1 aromatic heterocycles. The van der Waals surface area contributed by atoms with E-state index in [9.17, 15) is 4.79 Å². The normalized spacial score (nSPS) is 19.5. The highest BCUT2D eigenvalue weighted by Gasteiger charge is 2.24. The number of hydrogen-bond donors (Lipinski definition) is 1. The van der Waals surface area contributed by atoms with Crippen molar-refractivity contribution in [3.63, 3.8) is 0 Å². The monoisotopic (exact) mass is 281 g/mol. The molecule has 3 nitrogen and oxygen atoms in total. The SMILES string of the molecule is Cc1ccsc1C(C)N1CCC(CCC(=O)O)CC1. The maximum Gasteiger partial charge on any atom is 0.303 e. The summed E-state index contributed by atoms with van der Waals surface area (Å²) in [4.78, 5) is 14.6. The van der Waals surface area contributed by atoms with Crippen molar-refractivity contribution in [3.8, 4) is 0 Å². The van der Waals surface area contributed by atoms with Crippen LogP contribution in [0.5, 0.6) is 0 Å². The van der Waals surface area contributed by atoms with Gasteiger partial charge in [0.05, 0.1) is 0 Å². The van der Waals surface area contributed by atoms with Gasteiger partial charge in [-0.15, -0.1) is 11.3 Å². The van der Waals surface area contributed by atoms with Crippen LogP contribution in [0.25, 0.3) is 0 Å². The Balaban J connectivity index is 1.83. The summed E-state index contributed by atoms with van der Waals surface area (Å²) in [5.74, 6) is -0.0611. The van der Waals surface area contributed by atoms with Gasteiger partial charge in [-0.3, -0.25) is 9.69 Å². The number of rotatable bonds is 5. The molecule has 1 unspecified atom stereocenters. The smallest absolute Gasteiger partial charge is 0.303 e. The Morgan fingerprint density at radius 1 is 1.53 bits per heavy atom. The number of aryl methyl sites for hydroxylation is 1. The summed E-state index contributed by atoms with van der Waals surface area (Å²) in [6.45, 7) is 6.67. The van der Waals surface area contributed by atoms with Crippen molar-refractivity contribution < 1.29 is 9.90 Å². The summed E-state index contributed by atoms with van der Waals surface area (Å²) < 4.78 is 0. The van der Waals surface area contributed by atoms with Crippen LogP contribution in [-0.4, -0.2) is 29.1 Å². The van der Waals surface area contributed by atoms with Crippen LogP contribution in [0.2, 0.25) is 0 Å². The highest BCUT2D eigenvalue weighted by molar-refractivity contribution is 7.10. The predicted octanol–water partition coefficient (Wildman–Crippen LogP) is 3.69. The third-order valence-electron chi connectivity index (χ3n) is 4.24. The van der Waals surface area contributed by atoms with Gasteiger partial charge < -0.3 is 5.11 Å². The average Bonchev–Trinajstić information content (AvgIpc) is 2.82. The molecule has 106 valence electrons. The van der Waals surface area contributed by atoms with E-state index >= 15 is 0 Å². The third-order valence-corrected chi connectivity index (χ3v) is 5.43. The second-order valence-electron chi connectivity index (χ2n) is 5.56. The van der Waals surface area contributed by atoms with Gasteiger partial charge in [0.1, 0.15) is 0 Å². The van der Waals surface area contributed by atoms with Gasteiger partial charge in [-0.25, -0.2) is 0 Å². The fourth-order valence-electron chi connectivity index (χ4n) is 2.93. The van der Waals surface area contributed by atoms with E-state index in [4.69, 9.17) is 5.11 Å². The maximum atomic E-state index is 10.6. The number of aliphatic carboxylic acids is 1. The second-order valence-corrected chi connectivity index (χ2v) is 6.50. The lowest BCUT2D eigenvalue weighted by Crippen LogP contribution is -2.35. The lowest BCUT2D eigenvalue weighted by atomic mass is 9.91. The van der Waals surface area contributed by atoms with E-state index in [-0.39, 0.29) is 0 Å². The molecule has 1 atom stereocenters. The number of carboxylic acid groups (broad SMARTS) is 1. The molecular weight excluding hydrogens is 258 g/mol. The standard InChI is InChI=1S/C15H23NO2S/c1-11-7-10-19-15(11)12(2)16-8-5-13(6-9-16)3-4-14(17)18/h7,10,12-13H,3-6,8-9H2,1-2H3,(H,17,18). The van der Waals surface area contributed by atoms with E-state index in [1.165, 1.54) is 10.4 Å². The molecule has 0 aliphatic carbocycles. The van der Waals surface area contributed by atoms with Crippen LogP contribution in [0.4, 0.5) is 0 Å². The molecule has 0 amide bonds. The van der Waals surface area contributed by atoms with Gasteiger partial charge in [0.15, 0.2) is 0 Å². The largest absolute Gasteiger partial charge is 0.481 e. The zero-order valence-corrected chi connectivity index (χ0v) is 12.6. The zero-order chi connectivity index (χ0) is 13.8. The third kappa shape index (κ3) is 3.80.